The van der Waals surface area contributed by atoms with Crippen LogP contribution in [-0.4, -0.2) is 30.8 Å². The van der Waals surface area contributed by atoms with Gasteiger partial charge in [-0.3, -0.25) is 9.82 Å². The Labute approximate surface area is 116 Å². The normalized spacial score (nSPS) is 11.3. The van der Waals surface area contributed by atoms with Crippen LogP contribution < -0.4 is 9.46 Å². The van der Waals surface area contributed by atoms with E-state index in [1.165, 1.54) is 7.11 Å². The first-order valence-corrected chi connectivity index (χ1v) is 7.28. The summed E-state index contributed by atoms with van der Waals surface area (Å²) in [6.45, 7) is 1.12. The highest BCUT2D eigenvalue weighted by molar-refractivity contribution is 7.92. The molecule has 1 heterocycles. The lowest BCUT2D eigenvalue weighted by Crippen LogP contribution is -2.15. The predicted octanol–water partition coefficient (Wildman–Crippen LogP) is 1.02. The Morgan fingerprint density at radius 3 is 2.85 bits per heavy atom. The Kier molecular flexibility index (Phi) is 3.96. The van der Waals surface area contributed by atoms with Gasteiger partial charge < -0.3 is 9.84 Å². The van der Waals surface area contributed by atoms with Gasteiger partial charge in [0, 0.05) is 6.07 Å². The maximum atomic E-state index is 12.3. The van der Waals surface area contributed by atoms with Crippen LogP contribution in [0, 0.1) is 6.92 Å². The first-order valence-electron chi connectivity index (χ1n) is 5.79. The van der Waals surface area contributed by atoms with E-state index in [9.17, 15) is 8.42 Å². The van der Waals surface area contributed by atoms with E-state index in [-0.39, 0.29) is 10.6 Å². The van der Waals surface area contributed by atoms with E-state index in [1.54, 1.807) is 31.2 Å². The molecule has 0 aliphatic rings. The minimum Gasteiger partial charge on any atom is -0.497 e. The number of anilines is 1. The number of rotatable bonds is 5. The van der Waals surface area contributed by atoms with Crippen molar-refractivity contribution in [3.63, 3.8) is 0 Å². The van der Waals surface area contributed by atoms with Gasteiger partial charge in [0.1, 0.15) is 16.3 Å². The second kappa shape index (κ2) is 5.51. The van der Waals surface area contributed by atoms with Gasteiger partial charge in [-0.15, -0.1) is 0 Å². The summed E-state index contributed by atoms with van der Waals surface area (Å²) in [4.78, 5) is -0.0391. The molecule has 7 nitrogen and oxygen atoms in total. The number of hydrogen-bond donors (Lipinski definition) is 3. The Balaban J connectivity index is 2.38. The number of ether oxygens (including phenoxy) is 1. The molecule has 0 unspecified atom stereocenters. The third kappa shape index (κ3) is 2.75. The van der Waals surface area contributed by atoms with Crippen molar-refractivity contribution in [2.24, 2.45) is 0 Å². The molecule has 8 heteroatoms. The van der Waals surface area contributed by atoms with Gasteiger partial charge in [0.15, 0.2) is 0 Å². The van der Waals surface area contributed by atoms with E-state index in [4.69, 9.17) is 9.84 Å². The molecule has 0 aliphatic carbocycles. The van der Waals surface area contributed by atoms with Gasteiger partial charge in [-0.1, -0.05) is 6.07 Å². The van der Waals surface area contributed by atoms with Crippen molar-refractivity contribution in [1.29, 1.82) is 0 Å². The molecule has 0 bridgehead atoms. The fourth-order valence-electron chi connectivity index (χ4n) is 1.83. The second-order valence-corrected chi connectivity index (χ2v) is 5.74. The van der Waals surface area contributed by atoms with E-state index < -0.39 is 16.6 Å². The van der Waals surface area contributed by atoms with Crippen LogP contribution in [-0.2, 0) is 16.6 Å². The molecule has 0 saturated carbocycles. The van der Waals surface area contributed by atoms with Gasteiger partial charge in [-0.2, -0.15) is 5.10 Å². The maximum Gasteiger partial charge on any atom is 0.265 e. The molecule has 0 atom stereocenters. The third-order valence-electron chi connectivity index (χ3n) is 2.70. The number of aliphatic hydroxyl groups is 1. The van der Waals surface area contributed by atoms with E-state index in [0.29, 0.717) is 17.1 Å². The fourth-order valence-corrected chi connectivity index (χ4v) is 3.23. The highest BCUT2D eigenvalue weighted by atomic mass is 32.2. The summed E-state index contributed by atoms with van der Waals surface area (Å²) >= 11 is 0. The largest absolute Gasteiger partial charge is 0.497 e. The number of aryl methyl sites for hydroxylation is 1. The number of aromatic nitrogens is 2. The van der Waals surface area contributed by atoms with Crippen LogP contribution in [0.15, 0.2) is 29.2 Å². The van der Waals surface area contributed by atoms with Gasteiger partial charge in [0.25, 0.3) is 10.0 Å². The average molecular weight is 297 g/mol. The number of aromatic amines is 1. The lowest BCUT2D eigenvalue weighted by molar-refractivity contribution is 0.273. The topological polar surface area (TPSA) is 104 Å². The molecule has 0 amide bonds. The van der Waals surface area contributed by atoms with Crippen LogP contribution in [0.2, 0.25) is 0 Å². The number of sulfonamides is 1. The molecule has 3 N–H and O–H groups in total. The van der Waals surface area contributed by atoms with Crippen molar-refractivity contribution in [2.45, 2.75) is 18.4 Å². The minimum absolute atomic E-state index is 0.0391. The van der Waals surface area contributed by atoms with Crippen molar-refractivity contribution in [1.82, 2.24) is 10.2 Å². The lowest BCUT2D eigenvalue weighted by Gasteiger charge is -2.09. The van der Waals surface area contributed by atoms with E-state index in [0.717, 1.165) is 0 Å². The molecule has 2 aromatic rings. The predicted molar refractivity (Wildman–Crippen MR) is 73.1 cm³/mol. The van der Waals surface area contributed by atoms with Crippen LogP contribution in [0.1, 0.15) is 11.4 Å². The Morgan fingerprint density at radius 2 is 2.20 bits per heavy atom. The second-order valence-electron chi connectivity index (χ2n) is 4.12. The van der Waals surface area contributed by atoms with E-state index in [2.05, 4.69) is 14.9 Å². The molecule has 1 aromatic heterocycles. The molecule has 0 spiro atoms. The Hall–Kier alpha value is -2.06. The highest BCUT2D eigenvalue weighted by Gasteiger charge is 2.24. The Bertz CT molecular complexity index is 709. The molecule has 2 rings (SSSR count). The van der Waals surface area contributed by atoms with Gasteiger partial charge in [0.2, 0.25) is 0 Å². The van der Waals surface area contributed by atoms with Crippen LogP contribution in [0.3, 0.4) is 0 Å². The molecule has 0 radical (unpaired) electrons. The van der Waals surface area contributed by atoms with E-state index >= 15 is 0 Å². The zero-order chi connectivity index (χ0) is 14.8. The summed E-state index contributed by atoms with van der Waals surface area (Å²) in [5, 5.41) is 15.5. The maximum absolute atomic E-state index is 12.3. The van der Waals surface area contributed by atoms with Crippen molar-refractivity contribution in [3.8, 4) is 5.75 Å². The van der Waals surface area contributed by atoms with Crippen LogP contribution in [0.4, 0.5) is 5.69 Å². The molecule has 1 aromatic carbocycles. The number of nitrogens with one attached hydrogen (secondary N) is 2. The molecule has 108 valence electrons. The van der Waals surface area contributed by atoms with Gasteiger partial charge in [0.05, 0.1) is 25.1 Å². The number of hydrogen-bond acceptors (Lipinski definition) is 5. The molecular formula is C12H15N3O4S. The van der Waals surface area contributed by atoms with Crippen molar-refractivity contribution >= 4 is 15.7 Å². The zero-order valence-corrected chi connectivity index (χ0v) is 11.9. The van der Waals surface area contributed by atoms with Gasteiger partial charge in [-0.25, -0.2) is 8.42 Å². The smallest absolute Gasteiger partial charge is 0.265 e. The van der Waals surface area contributed by atoms with Gasteiger partial charge >= 0.3 is 0 Å². The summed E-state index contributed by atoms with van der Waals surface area (Å²) in [7, 11) is -2.33. The van der Waals surface area contributed by atoms with Crippen molar-refractivity contribution in [2.75, 3.05) is 11.8 Å². The summed E-state index contributed by atoms with van der Waals surface area (Å²) in [6, 6.07) is 6.55. The summed E-state index contributed by atoms with van der Waals surface area (Å²) < 4.78 is 32.1. The third-order valence-corrected chi connectivity index (χ3v) is 4.29. The monoisotopic (exact) mass is 297 g/mol. The number of methoxy groups -OCH3 is 1. The molecular weight excluding hydrogens is 282 g/mol. The quantitative estimate of drug-likeness (QED) is 0.764. The fraction of sp³-hybridized carbons (Fsp3) is 0.250. The molecule has 0 fully saturated rings. The van der Waals surface area contributed by atoms with E-state index in [1.807, 2.05) is 0 Å². The average Bonchev–Trinajstić information content (AvgIpc) is 2.80. The summed E-state index contributed by atoms with van der Waals surface area (Å²) in [6.07, 6.45) is 0. The molecule has 0 aliphatic heterocycles. The zero-order valence-electron chi connectivity index (χ0n) is 11.0. The Morgan fingerprint density at radius 1 is 1.45 bits per heavy atom. The van der Waals surface area contributed by atoms with Crippen molar-refractivity contribution in [3.05, 3.63) is 35.7 Å². The van der Waals surface area contributed by atoms with Crippen molar-refractivity contribution < 1.29 is 18.3 Å². The minimum atomic E-state index is -3.83. The number of aliphatic hydroxyl groups excluding tert-OH is 1. The molecule has 20 heavy (non-hydrogen) atoms. The molecule has 0 saturated heterocycles. The van der Waals surface area contributed by atoms with Crippen LogP contribution in [0.5, 0.6) is 5.75 Å². The SMILES string of the molecule is COc1cccc(NS(=O)(=O)c2c(CO)n[nH]c2C)c1. The summed E-state index contributed by atoms with van der Waals surface area (Å²) in [5.41, 5.74) is 0.816. The first kappa shape index (κ1) is 14.4. The van der Waals surface area contributed by atoms with Crippen LogP contribution in [0.25, 0.3) is 0 Å². The highest BCUT2D eigenvalue weighted by Crippen LogP contribution is 2.23. The summed E-state index contributed by atoms with van der Waals surface area (Å²) in [5.74, 6) is 0.538. The number of H-pyrrole nitrogens is 1. The number of benzene rings is 1. The van der Waals surface area contributed by atoms with Gasteiger partial charge in [-0.05, 0) is 19.1 Å². The standard InChI is InChI=1S/C12H15N3O4S/c1-8-12(11(7-16)14-13-8)20(17,18)15-9-4-3-5-10(6-9)19-2/h3-6,15-16H,7H2,1-2H3,(H,13,14). The number of nitrogens with zero attached hydrogens (tertiary/aromatic N) is 1. The van der Waals surface area contributed by atoms with Crippen LogP contribution >= 0.6 is 0 Å². The lowest BCUT2D eigenvalue weighted by atomic mass is 10.3. The first-order chi connectivity index (χ1) is 9.47.